The Morgan fingerprint density at radius 1 is 1.31 bits per heavy atom. The first-order valence-electron chi connectivity index (χ1n) is 5.34. The van der Waals surface area contributed by atoms with Gasteiger partial charge in [0.2, 0.25) is 0 Å². The Labute approximate surface area is 99.0 Å². The number of aliphatic hydroxyl groups is 1. The highest BCUT2D eigenvalue weighted by Gasteiger charge is 2.11. The number of aromatic nitrogens is 2. The van der Waals surface area contributed by atoms with Gasteiger partial charge in [-0.05, 0) is 17.1 Å². The van der Waals surface area contributed by atoms with Gasteiger partial charge >= 0.3 is 0 Å². The zero-order valence-corrected chi connectivity index (χ0v) is 9.94. The maximum absolute atomic E-state index is 9.99. The molecule has 1 aromatic carbocycles. The summed E-state index contributed by atoms with van der Waals surface area (Å²) in [5, 5.41) is 10.9. The number of hydrogen-bond donors (Lipinski definition) is 1. The molecule has 0 spiro atoms. The van der Waals surface area contributed by atoms with Crippen LogP contribution in [0.4, 0.5) is 0 Å². The topological polar surface area (TPSA) is 46.0 Å². The van der Waals surface area contributed by atoms with Crippen LogP contribution >= 0.6 is 11.5 Å². The molecule has 1 heterocycles. The largest absolute Gasteiger partial charge is 0.388 e. The minimum atomic E-state index is -0.487. The van der Waals surface area contributed by atoms with Crippen LogP contribution in [0.1, 0.15) is 29.4 Å². The maximum atomic E-state index is 9.99. The van der Waals surface area contributed by atoms with Crippen molar-refractivity contribution in [1.82, 2.24) is 9.36 Å². The molecular formula is C12H14N2OS. The zero-order chi connectivity index (χ0) is 11.4. The number of nitrogens with zero attached hydrogens (tertiary/aromatic N) is 2. The molecule has 0 fully saturated rings. The number of hydrogen-bond acceptors (Lipinski definition) is 4. The highest BCUT2D eigenvalue weighted by molar-refractivity contribution is 7.05. The first-order valence-corrected chi connectivity index (χ1v) is 6.11. The van der Waals surface area contributed by atoms with E-state index in [9.17, 15) is 5.11 Å². The van der Waals surface area contributed by atoms with E-state index >= 15 is 0 Å². The SMILES string of the molecule is CCc1nsc(CC(O)c2ccccc2)n1. The second-order valence-corrected chi connectivity index (χ2v) is 4.42. The Kier molecular flexibility index (Phi) is 3.64. The van der Waals surface area contributed by atoms with Crippen LogP contribution in [-0.2, 0) is 12.8 Å². The van der Waals surface area contributed by atoms with E-state index in [-0.39, 0.29) is 0 Å². The molecule has 1 aromatic heterocycles. The molecule has 1 unspecified atom stereocenters. The van der Waals surface area contributed by atoms with Gasteiger partial charge in [0, 0.05) is 12.8 Å². The summed E-state index contributed by atoms with van der Waals surface area (Å²) in [5.74, 6) is 0.861. The normalized spacial score (nSPS) is 12.6. The molecule has 0 saturated carbocycles. The predicted octanol–water partition coefficient (Wildman–Crippen LogP) is 2.38. The molecule has 0 aliphatic rings. The fourth-order valence-electron chi connectivity index (χ4n) is 1.48. The van der Waals surface area contributed by atoms with E-state index in [1.807, 2.05) is 37.3 Å². The van der Waals surface area contributed by atoms with E-state index < -0.39 is 6.10 Å². The standard InChI is InChI=1S/C12H14N2OS/c1-2-11-13-12(16-14-11)8-10(15)9-6-4-3-5-7-9/h3-7,10,15H,2,8H2,1H3. The quantitative estimate of drug-likeness (QED) is 0.883. The summed E-state index contributed by atoms with van der Waals surface area (Å²) >= 11 is 1.38. The second kappa shape index (κ2) is 5.18. The van der Waals surface area contributed by atoms with Crippen LogP contribution in [0.2, 0.25) is 0 Å². The van der Waals surface area contributed by atoms with Crippen molar-refractivity contribution in [3.8, 4) is 0 Å². The van der Waals surface area contributed by atoms with Crippen molar-refractivity contribution in [3.05, 3.63) is 46.7 Å². The van der Waals surface area contributed by atoms with E-state index in [0.717, 1.165) is 22.8 Å². The summed E-state index contributed by atoms with van der Waals surface area (Å²) < 4.78 is 4.20. The van der Waals surface area contributed by atoms with E-state index in [1.165, 1.54) is 11.5 Å². The lowest BCUT2D eigenvalue weighted by Gasteiger charge is -2.07. The van der Waals surface area contributed by atoms with Gasteiger partial charge in [-0.2, -0.15) is 4.37 Å². The van der Waals surface area contributed by atoms with Gasteiger partial charge in [-0.25, -0.2) is 4.98 Å². The molecule has 0 saturated heterocycles. The van der Waals surface area contributed by atoms with Crippen molar-refractivity contribution in [2.24, 2.45) is 0 Å². The van der Waals surface area contributed by atoms with Crippen LogP contribution in [0.15, 0.2) is 30.3 Å². The average Bonchev–Trinajstić information content (AvgIpc) is 2.78. The first kappa shape index (κ1) is 11.2. The van der Waals surface area contributed by atoms with Gasteiger partial charge < -0.3 is 5.11 Å². The summed E-state index contributed by atoms with van der Waals surface area (Å²) in [5.41, 5.74) is 0.927. The lowest BCUT2D eigenvalue weighted by atomic mass is 10.1. The molecule has 0 radical (unpaired) electrons. The third-order valence-corrected chi connectivity index (χ3v) is 3.15. The van der Waals surface area contributed by atoms with E-state index in [4.69, 9.17) is 0 Å². The predicted molar refractivity (Wildman–Crippen MR) is 64.4 cm³/mol. The summed E-state index contributed by atoms with van der Waals surface area (Å²) in [6, 6.07) is 9.64. The molecule has 0 bridgehead atoms. The van der Waals surface area contributed by atoms with Crippen molar-refractivity contribution in [2.75, 3.05) is 0 Å². The van der Waals surface area contributed by atoms with Crippen molar-refractivity contribution in [3.63, 3.8) is 0 Å². The minimum absolute atomic E-state index is 0.487. The molecular weight excluding hydrogens is 220 g/mol. The van der Waals surface area contributed by atoms with Crippen LogP contribution in [-0.4, -0.2) is 14.5 Å². The molecule has 2 aromatic rings. The highest BCUT2D eigenvalue weighted by Crippen LogP contribution is 2.18. The zero-order valence-electron chi connectivity index (χ0n) is 9.13. The van der Waals surface area contributed by atoms with Crippen LogP contribution in [0, 0.1) is 0 Å². The van der Waals surface area contributed by atoms with Crippen molar-refractivity contribution < 1.29 is 5.11 Å². The van der Waals surface area contributed by atoms with Gasteiger partial charge in [-0.3, -0.25) is 0 Å². The van der Waals surface area contributed by atoms with Crippen molar-refractivity contribution in [1.29, 1.82) is 0 Å². The molecule has 2 rings (SSSR count). The number of rotatable bonds is 4. The summed E-state index contributed by atoms with van der Waals surface area (Å²) in [6.45, 7) is 2.03. The molecule has 0 amide bonds. The van der Waals surface area contributed by atoms with Gasteiger partial charge in [-0.1, -0.05) is 37.3 Å². The third kappa shape index (κ3) is 2.65. The van der Waals surface area contributed by atoms with Gasteiger partial charge in [-0.15, -0.1) is 0 Å². The monoisotopic (exact) mass is 234 g/mol. The number of benzene rings is 1. The Balaban J connectivity index is 2.05. The molecule has 1 N–H and O–H groups in total. The third-order valence-electron chi connectivity index (χ3n) is 2.38. The molecule has 16 heavy (non-hydrogen) atoms. The molecule has 1 atom stereocenters. The van der Waals surface area contributed by atoms with Gasteiger partial charge in [0.15, 0.2) is 0 Å². The lowest BCUT2D eigenvalue weighted by Crippen LogP contribution is -2.01. The fourth-order valence-corrected chi connectivity index (χ4v) is 2.23. The Morgan fingerprint density at radius 3 is 2.69 bits per heavy atom. The highest BCUT2D eigenvalue weighted by atomic mass is 32.1. The summed E-state index contributed by atoms with van der Waals surface area (Å²) in [7, 11) is 0. The van der Waals surface area contributed by atoms with E-state index in [1.54, 1.807) is 0 Å². The average molecular weight is 234 g/mol. The van der Waals surface area contributed by atoms with Gasteiger partial charge in [0.25, 0.3) is 0 Å². The van der Waals surface area contributed by atoms with Gasteiger partial charge in [0.1, 0.15) is 10.8 Å². The number of aryl methyl sites for hydroxylation is 1. The maximum Gasteiger partial charge on any atom is 0.142 e. The van der Waals surface area contributed by atoms with Gasteiger partial charge in [0.05, 0.1) is 6.10 Å². The van der Waals surface area contributed by atoms with Crippen LogP contribution in [0.3, 0.4) is 0 Å². The summed E-state index contributed by atoms with van der Waals surface area (Å²) in [6.07, 6.45) is 0.901. The first-order chi connectivity index (χ1) is 7.79. The number of aliphatic hydroxyl groups excluding tert-OH is 1. The Hall–Kier alpha value is -1.26. The molecule has 0 aliphatic heterocycles. The Morgan fingerprint density at radius 2 is 2.06 bits per heavy atom. The Bertz CT molecular complexity index is 441. The molecule has 0 aliphatic carbocycles. The van der Waals surface area contributed by atoms with E-state index in [0.29, 0.717) is 6.42 Å². The van der Waals surface area contributed by atoms with Crippen molar-refractivity contribution in [2.45, 2.75) is 25.9 Å². The smallest absolute Gasteiger partial charge is 0.142 e. The van der Waals surface area contributed by atoms with Crippen molar-refractivity contribution >= 4 is 11.5 Å². The van der Waals surface area contributed by atoms with Crippen LogP contribution in [0.25, 0.3) is 0 Å². The lowest BCUT2D eigenvalue weighted by molar-refractivity contribution is 0.178. The fraction of sp³-hybridized carbons (Fsp3) is 0.333. The molecule has 4 heteroatoms. The molecule has 84 valence electrons. The second-order valence-electron chi connectivity index (χ2n) is 3.59. The molecule has 3 nitrogen and oxygen atoms in total. The minimum Gasteiger partial charge on any atom is -0.388 e. The van der Waals surface area contributed by atoms with E-state index in [2.05, 4.69) is 9.36 Å². The van der Waals surface area contributed by atoms with Crippen LogP contribution in [0.5, 0.6) is 0 Å². The summed E-state index contributed by atoms with van der Waals surface area (Å²) in [4.78, 5) is 4.34. The van der Waals surface area contributed by atoms with Crippen LogP contribution < -0.4 is 0 Å².